The molecule has 0 bridgehead atoms. The molecule has 0 saturated heterocycles. The van der Waals surface area contributed by atoms with Crippen LogP contribution in [0.2, 0.25) is 0 Å². The summed E-state index contributed by atoms with van der Waals surface area (Å²) in [6, 6.07) is 1.81. The smallest absolute Gasteiger partial charge is 0.133 e. The molecule has 0 spiro atoms. The van der Waals surface area contributed by atoms with Crippen LogP contribution in [0.5, 0.6) is 0 Å². The number of aryl methyl sites for hydroxylation is 1. The van der Waals surface area contributed by atoms with Gasteiger partial charge in [0.05, 0.1) is 6.20 Å². The lowest BCUT2D eigenvalue weighted by molar-refractivity contribution is 0.397. The standard InChI is InChI=1S/C4H5NO.ClH/c1-4-2-3-5-6-4;/h2-3H,1H3;1H. The summed E-state index contributed by atoms with van der Waals surface area (Å²) in [6.45, 7) is 1.85. The Bertz CT molecular complexity index is 115. The maximum atomic E-state index is 4.58. The monoisotopic (exact) mass is 119 g/mol. The SMILES string of the molecule is Cc1ccno1.Cl. The molecule has 40 valence electrons. The van der Waals surface area contributed by atoms with Gasteiger partial charge in [0.1, 0.15) is 5.76 Å². The van der Waals surface area contributed by atoms with Crippen LogP contribution < -0.4 is 0 Å². The molecule has 0 aliphatic carbocycles. The lowest BCUT2D eigenvalue weighted by atomic mass is 10.5. The Morgan fingerprint density at radius 3 is 2.57 bits per heavy atom. The van der Waals surface area contributed by atoms with Crippen LogP contribution in [0.15, 0.2) is 16.8 Å². The zero-order chi connectivity index (χ0) is 4.41. The first-order valence-corrected chi connectivity index (χ1v) is 1.77. The summed E-state index contributed by atoms with van der Waals surface area (Å²) < 4.78 is 4.58. The van der Waals surface area contributed by atoms with E-state index >= 15 is 0 Å². The average Bonchev–Trinajstić information content (AvgIpc) is 1.86. The minimum Gasteiger partial charge on any atom is -0.362 e. The van der Waals surface area contributed by atoms with Gasteiger partial charge in [-0.25, -0.2) is 0 Å². The predicted octanol–water partition coefficient (Wildman–Crippen LogP) is 1.40. The summed E-state index contributed by atoms with van der Waals surface area (Å²) in [7, 11) is 0. The second kappa shape index (κ2) is 2.64. The van der Waals surface area contributed by atoms with E-state index in [0.717, 1.165) is 5.76 Å². The fourth-order valence-electron chi connectivity index (χ4n) is 0.279. The van der Waals surface area contributed by atoms with Crippen LogP contribution in [0.1, 0.15) is 5.76 Å². The van der Waals surface area contributed by atoms with E-state index in [4.69, 9.17) is 0 Å². The van der Waals surface area contributed by atoms with Crippen molar-refractivity contribution in [2.24, 2.45) is 0 Å². The zero-order valence-corrected chi connectivity index (χ0v) is 4.73. The van der Waals surface area contributed by atoms with E-state index in [2.05, 4.69) is 9.68 Å². The molecule has 1 aromatic heterocycles. The topological polar surface area (TPSA) is 26.0 Å². The fourth-order valence-corrected chi connectivity index (χ4v) is 0.279. The Morgan fingerprint density at radius 2 is 2.43 bits per heavy atom. The number of nitrogens with zero attached hydrogens (tertiary/aromatic N) is 1. The van der Waals surface area contributed by atoms with Gasteiger partial charge in [0.15, 0.2) is 0 Å². The van der Waals surface area contributed by atoms with Gasteiger partial charge in [-0.1, -0.05) is 5.16 Å². The van der Waals surface area contributed by atoms with Gasteiger partial charge in [0.25, 0.3) is 0 Å². The predicted molar refractivity (Wildman–Crippen MR) is 28.5 cm³/mol. The second-order valence-corrected chi connectivity index (χ2v) is 1.12. The van der Waals surface area contributed by atoms with E-state index in [1.807, 2.05) is 6.92 Å². The van der Waals surface area contributed by atoms with Crippen molar-refractivity contribution in [3.8, 4) is 0 Å². The van der Waals surface area contributed by atoms with Crippen molar-refractivity contribution in [1.29, 1.82) is 0 Å². The van der Waals surface area contributed by atoms with Crippen LogP contribution in [0.25, 0.3) is 0 Å². The number of hydrogen-bond donors (Lipinski definition) is 0. The largest absolute Gasteiger partial charge is 0.362 e. The molecule has 0 atom stereocenters. The van der Waals surface area contributed by atoms with Crippen molar-refractivity contribution in [3.05, 3.63) is 18.0 Å². The normalized spacial score (nSPS) is 7.57. The van der Waals surface area contributed by atoms with Crippen molar-refractivity contribution in [3.63, 3.8) is 0 Å². The summed E-state index contributed by atoms with van der Waals surface area (Å²) in [5.41, 5.74) is 0. The molecule has 2 nitrogen and oxygen atoms in total. The second-order valence-electron chi connectivity index (χ2n) is 1.12. The van der Waals surface area contributed by atoms with Crippen molar-refractivity contribution < 1.29 is 4.52 Å². The van der Waals surface area contributed by atoms with Gasteiger partial charge in [0.2, 0.25) is 0 Å². The Labute approximate surface area is 47.9 Å². The molecule has 0 saturated carbocycles. The number of halogens is 1. The minimum atomic E-state index is 0. The van der Waals surface area contributed by atoms with E-state index in [9.17, 15) is 0 Å². The molecule has 0 unspecified atom stereocenters. The first kappa shape index (κ1) is 6.50. The molecular formula is C4H6ClNO. The van der Waals surface area contributed by atoms with Crippen molar-refractivity contribution in [1.82, 2.24) is 5.16 Å². The maximum absolute atomic E-state index is 4.58. The van der Waals surface area contributed by atoms with Gasteiger partial charge >= 0.3 is 0 Å². The first-order chi connectivity index (χ1) is 2.89. The molecule has 0 aliphatic rings. The van der Waals surface area contributed by atoms with Gasteiger partial charge < -0.3 is 4.52 Å². The van der Waals surface area contributed by atoms with E-state index in [1.165, 1.54) is 0 Å². The highest BCUT2D eigenvalue weighted by Gasteiger charge is 1.78. The molecule has 1 aromatic rings. The lowest BCUT2D eigenvalue weighted by Gasteiger charge is -1.65. The van der Waals surface area contributed by atoms with Crippen LogP contribution in [0, 0.1) is 6.92 Å². The Kier molecular flexibility index (Phi) is 2.45. The number of hydrogen-bond acceptors (Lipinski definition) is 2. The third kappa shape index (κ3) is 1.59. The first-order valence-electron chi connectivity index (χ1n) is 1.77. The summed E-state index contributed by atoms with van der Waals surface area (Å²) in [5, 5.41) is 3.45. The zero-order valence-electron chi connectivity index (χ0n) is 3.92. The van der Waals surface area contributed by atoms with Gasteiger partial charge in [-0.2, -0.15) is 0 Å². The number of aromatic nitrogens is 1. The van der Waals surface area contributed by atoms with Crippen LogP contribution in [0.3, 0.4) is 0 Å². The summed E-state index contributed by atoms with van der Waals surface area (Å²) >= 11 is 0. The van der Waals surface area contributed by atoms with Crippen molar-refractivity contribution >= 4 is 12.4 Å². The molecule has 0 aromatic carbocycles. The van der Waals surface area contributed by atoms with Gasteiger partial charge in [-0.05, 0) is 6.92 Å². The summed E-state index contributed by atoms with van der Waals surface area (Å²) in [4.78, 5) is 0. The van der Waals surface area contributed by atoms with Gasteiger partial charge in [-0.15, -0.1) is 12.4 Å². The molecule has 1 heterocycles. The molecule has 3 heteroatoms. The minimum absolute atomic E-state index is 0. The third-order valence-corrected chi connectivity index (χ3v) is 0.567. The molecule has 0 radical (unpaired) electrons. The molecule has 0 amide bonds. The average molecular weight is 120 g/mol. The lowest BCUT2D eigenvalue weighted by Crippen LogP contribution is -1.50. The molecule has 0 aliphatic heterocycles. The van der Waals surface area contributed by atoms with Gasteiger partial charge in [-0.3, -0.25) is 0 Å². The quantitative estimate of drug-likeness (QED) is 0.516. The van der Waals surface area contributed by atoms with Crippen LogP contribution in [0.4, 0.5) is 0 Å². The van der Waals surface area contributed by atoms with E-state index < -0.39 is 0 Å². The summed E-state index contributed by atoms with van der Waals surface area (Å²) in [5.74, 6) is 0.856. The Balaban J connectivity index is 0.000000360. The van der Waals surface area contributed by atoms with E-state index in [1.54, 1.807) is 12.3 Å². The van der Waals surface area contributed by atoms with Crippen LogP contribution in [-0.4, -0.2) is 5.16 Å². The van der Waals surface area contributed by atoms with Crippen molar-refractivity contribution in [2.45, 2.75) is 6.92 Å². The highest BCUT2D eigenvalue weighted by molar-refractivity contribution is 5.85. The Hall–Kier alpha value is -0.500. The maximum Gasteiger partial charge on any atom is 0.133 e. The van der Waals surface area contributed by atoms with E-state index in [-0.39, 0.29) is 12.4 Å². The van der Waals surface area contributed by atoms with E-state index in [0.29, 0.717) is 0 Å². The highest BCUT2D eigenvalue weighted by Crippen LogP contribution is 1.88. The fraction of sp³-hybridized carbons (Fsp3) is 0.250. The molecule has 0 N–H and O–H groups in total. The Morgan fingerprint density at radius 1 is 1.71 bits per heavy atom. The molecule has 7 heavy (non-hydrogen) atoms. The van der Waals surface area contributed by atoms with Crippen molar-refractivity contribution in [2.75, 3.05) is 0 Å². The highest BCUT2D eigenvalue weighted by atomic mass is 35.5. The molecule has 0 fully saturated rings. The third-order valence-electron chi connectivity index (χ3n) is 0.567. The van der Waals surface area contributed by atoms with Crippen LogP contribution >= 0.6 is 12.4 Å². The van der Waals surface area contributed by atoms with Gasteiger partial charge in [0, 0.05) is 6.07 Å². The molecule has 1 rings (SSSR count). The summed E-state index contributed by atoms with van der Waals surface area (Å²) in [6.07, 6.45) is 1.62. The number of rotatable bonds is 0. The molecular weight excluding hydrogens is 114 g/mol. The van der Waals surface area contributed by atoms with Crippen LogP contribution in [-0.2, 0) is 0 Å².